The normalized spacial score (nSPS) is 23.8. The minimum absolute atomic E-state index is 0.0207. The van der Waals surface area contributed by atoms with Gasteiger partial charge in [-0.3, -0.25) is 4.79 Å². The van der Waals surface area contributed by atoms with E-state index in [1.54, 1.807) is 0 Å². The number of benzene rings is 2. The van der Waals surface area contributed by atoms with E-state index >= 15 is 0 Å². The lowest BCUT2D eigenvalue weighted by Gasteiger charge is -2.12. The molecule has 0 aliphatic heterocycles. The Labute approximate surface area is 146 Å². The molecule has 1 saturated carbocycles. The van der Waals surface area contributed by atoms with Crippen molar-refractivity contribution in [3.8, 4) is 0 Å². The van der Waals surface area contributed by atoms with E-state index in [2.05, 4.69) is 34.7 Å². The van der Waals surface area contributed by atoms with E-state index < -0.39 is 0 Å². The summed E-state index contributed by atoms with van der Waals surface area (Å²) >= 11 is 0. The summed E-state index contributed by atoms with van der Waals surface area (Å²) in [5, 5.41) is 8.07. The van der Waals surface area contributed by atoms with E-state index in [0.29, 0.717) is 17.0 Å². The fourth-order valence-corrected chi connectivity index (χ4v) is 4.52. The van der Waals surface area contributed by atoms with Crippen molar-refractivity contribution >= 4 is 16.9 Å². The van der Waals surface area contributed by atoms with E-state index in [4.69, 9.17) is 4.52 Å². The van der Waals surface area contributed by atoms with Crippen molar-refractivity contribution in [2.24, 2.45) is 5.92 Å². The van der Waals surface area contributed by atoms with E-state index in [1.165, 1.54) is 30.4 Å². The van der Waals surface area contributed by atoms with E-state index in [9.17, 15) is 4.79 Å². The first-order valence-electron chi connectivity index (χ1n) is 8.95. The number of aromatic nitrogens is 1. The second kappa shape index (κ2) is 5.45. The molecule has 2 aliphatic rings. The molecule has 1 fully saturated rings. The fraction of sp³-hybridized carbons (Fsp3) is 0.333. The number of nitrogens with zero attached hydrogens (tertiary/aromatic N) is 1. The molecule has 4 nitrogen and oxygen atoms in total. The van der Waals surface area contributed by atoms with Gasteiger partial charge in [0, 0.05) is 17.3 Å². The van der Waals surface area contributed by atoms with Gasteiger partial charge >= 0.3 is 0 Å². The lowest BCUT2D eigenvalue weighted by atomic mass is 9.95. The smallest absolute Gasteiger partial charge is 0.226 e. The molecule has 0 unspecified atom stereocenters. The topological polar surface area (TPSA) is 55.1 Å². The molecule has 25 heavy (non-hydrogen) atoms. The average molecular weight is 332 g/mol. The summed E-state index contributed by atoms with van der Waals surface area (Å²) in [6.07, 6.45) is 3.86. The van der Waals surface area contributed by atoms with Gasteiger partial charge in [-0.15, -0.1) is 0 Å². The Morgan fingerprint density at radius 2 is 2.04 bits per heavy atom. The van der Waals surface area contributed by atoms with Crippen LogP contribution in [-0.2, 0) is 23.1 Å². The summed E-state index contributed by atoms with van der Waals surface area (Å²) < 4.78 is 5.27. The molecule has 4 heteroatoms. The lowest BCUT2D eigenvalue weighted by molar-refractivity contribution is -0.120. The average Bonchev–Trinajstić information content (AvgIpc) is 3.00. The zero-order chi connectivity index (χ0) is 16.9. The number of hydrogen-bond donors (Lipinski definition) is 1. The highest BCUT2D eigenvalue weighted by molar-refractivity contribution is 5.86. The van der Waals surface area contributed by atoms with Crippen molar-refractivity contribution < 1.29 is 9.32 Å². The molecule has 1 amide bonds. The number of carbonyl (C=O) groups is 1. The maximum absolute atomic E-state index is 12.3. The SMILES string of the molecule is O=C(Cc1noc2ccccc12)NC[C@H]1C[C@]12CCc1ccccc12. The predicted molar refractivity (Wildman–Crippen MR) is 95.3 cm³/mol. The molecule has 1 N–H and O–H groups in total. The summed E-state index contributed by atoms with van der Waals surface area (Å²) in [5.74, 6) is 0.585. The molecular formula is C21H20N2O2. The Morgan fingerprint density at radius 1 is 1.20 bits per heavy atom. The molecule has 126 valence electrons. The molecule has 0 radical (unpaired) electrons. The van der Waals surface area contributed by atoms with Crippen LogP contribution in [0.25, 0.3) is 11.0 Å². The third-order valence-electron chi connectivity index (χ3n) is 5.95. The summed E-state index contributed by atoms with van der Waals surface area (Å²) in [5.41, 5.74) is 4.77. The molecule has 5 rings (SSSR count). The van der Waals surface area contributed by atoms with E-state index in [1.807, 2.05) is 24.3 Å². The Bertz CT molecular complexity index is 961. The summed E-state index contributed by atoms with van der Waals surface area (Å²) in [6.45, 7) is 0.753. The van der Waals surface area contributed by atoms with Crippen molar-refractivity contribution in [2.45, 2.75) is 31.1 Å². The van der Waals surface area contributed by atoms with Crippen molar-refractivity contribution in [3.05, 3.63) is 65.4 Å². The molecule has 1 heterocycles. The minimum Gasteiger partial charge on any atom is -0.356 e. The standard InChI is InChI=1S/C21H20N2O2/c24-20(11-18-16-6-2-4-8-19(16)25-23-18)22-13-15-12-21(15)10-9-14-5-1-3-7-17(14)21/h1-8,15H,9-13H2,(H,22,24)/t15-,21-/m1/s1. The van der Waals surface area contributed by atoms with Crippen LogP contribution in [0.3, 0.4) is 0 Å². The van der Waals surface area contributed by atoms with Crippen LogP contribution in [-0.4, -0.2) is 17.6 Å². The van der Waals surface area contributed by atoms with E-state index in [0.717, 1.165) is 17.5 Å². The molecule has 0 bridgehead atoms. The Kier molecular flexibility index (Phi) is 3.20. The highest BCUT2D eigenvalue weighted by Gasteiger charge is 2.57. The molecule has 2 aromatic carbocycles. The van der Waals surface area contributed by atoms with Crippen LogP contribution in [0, 0.1) is 5.92 Å². The number of fused-ring (bicyclic) bond motifs is 3. The van der Waals surface area contributed by atoms with Gasteiger partial charge in [0.05, 0.1) is 6.42 Å². The maximum atomic E-state index is 12.3. The molecule has 0 saturated heterocycles. The predicted octanol–water partition coefficient (Wildman–Crippen LogP) is 3.39. The van der Waals surface area contributed by atoms with Crippen molar-refractivity contribution in [3.63, 3.8) is 0 Å². The molecule has 2 atom stereocenters. The second-order valence-electron chi connectivity index (χ2n) is 7.32. The maximum Gasteiger partial charge on any atom is 0.226 e. The van der Waals surface area contributed by atoms with Crippen molar-refractivity contribution in [1.29, 1.82) is 0 Å². The van der Waals surface area contributed by atoms with Crippen LogP contribution in [0.2, 0.25) is 0 Å². The molecular weight excluding hydrogens is 312 g/mol. The quantitative estimate of drug-likeness (QED) is 0.797. The van der Waals surface area contributed by atoms with Gasteiger partial charge < -0.3 is 9.84 Å². The third-order valence-corrected chi connectivity index (χ3v) is 5.95. The van der Waals surface area contributed by atoms with Gasteiger partial charge in [0.1, 0.15) is 5.69 Å². The van der Waals surface area contributed by atoms with E-state index in [-0.39, 0.29) is 12.3 Å². The number of hydrogen-bond acceptors (Lipinski definition) is 3. The molecule has 1 aromatic heterocycles. The monoisotopic (exact) mass is 332 g/mol. The second-order valence-corrected chi connectivity index (χ2v) is 7.32. The van der Waals surface area contributed by atoms with Crippen molar-refractivity contribution in [1.82, 2.24) is 10.5 Å². The minimum atomic E-state index is 0.0207. The number of rotatable bonds is 4. The number of nitrogens with one attached hydrogen (secondary N) is 1. The third kappa shape index (κ3) is 2.36. The van der Waals surface area contributed by atoms with Gasteiger partial charge in [-0.25, -0.2) is 0 Å². The molecule has 2 aliphatic carbocycles. The zero-order valence-electron chi connectivity index (χ0n) is 14.0. The number of para-hydroxylation sites is 1. The van der Waals surface area contributed by atoms with Gasteiger partial charge in [0.2, 0.25) is 5.91 Å². The van der Waals surface area contributed by atoms with Crippen LogP contribution in [0.5, 0.6) is 0 Å². The zero-order valence-corrected chi connectivity index (χ0v) is 14.0. The Morgan fingerprint density at radius 3 is 3.00 bits per heavy atom. The first kappa shape index (κ1) is 14.7. The van der Waals surface area contributed by atoms with Crippen molar-refractivity contribution in [2.75, 3.05) is 6.54 Å². The van der Waals surface area contributed by atoms with Gasteiger partial charge in [-0.1, -0.05) is 41.6 Å². The Hall–Kier alpha value is -2.62. The van der Waals surface area contributed by atoms with Crippen LogP contribution >= 0.6 is 0 Å². The highest BCUT2D eigenvalue weighted by atomic mass is 16.5. The number of carbonyl (C=O) groups excluding carboxylic acids is 1. The van der Waals surface area contributed by atoms with Crippen LogP contribution in [0.15, 0.2) is 53.1 Å². The first-order valence-corrected chi connectivity index (χ1v) is 8.95. The number of aryl methyl sites for hydroxylation is 1. The molecule has 1 spiro atoms. The largest absolute Gasteiger partial charge is 0.356 e. The first-order chi connectivity index (χ1) is 12.3. The number of amides is 1. The summed E-state index contributed by atoms with van der Waals surface area (Å²) in [7, 11) is 0. The Balaban J connectivity index is 1.22. The summed E-state index contributed by atoms with van der Waals surface area (Å²) in [6, 6.07) is 16.4. The highest BCUT2D eigenvalue weighted by Crippen LogP contribution is 2.61. The van der Waals surface area contributed by atoms with Gasteiger partial charge in [0.25, 0.3) is 0 Å². The summed E-state index contributed by atoms with van der Waals surface area (Å²) in [4.78, 5) is 12.3. The van der Waals surface area contributed by atoms with Crippen LogP contribution in [0.4, 0.5) is 0 Å². The lowest BCUT2D eigenvalue weighted by Crippen LogP contribution is -2.29. The van der Waals surface area contributed by atoms with Gasteiger partial charge in [-0.2, -0.15) is 0 Å². The fourth-order valence-electron chi connectivity index (χ4n) is 4.52. The van der Waals surface area contributed by atoms with Gasteiger partial charge in [-0.05, 0) is 48.4 Å². The van der Waals surface area contributed by atoms with Gasteiger partial charge in [0.15, 0.2) is 5.58 Å². The molecule has 3 aromatic rings. The van der Waals surface area contributed by atoms with Crippen LogP contribution in [0.1, 0.15) is 29.7 Å². The van der Waals surface area contributed by atoms with Crippen LogP contribution < -0.4 is 5.32 Å².